The zero-order chi connectivity index (χ0) is 13.1. The summed E-state index contributed by atoms with van der Waals surface area (Å²) >= 11 is 0. The highest BCUT2D eigenvalue weighted by atomic mass is 16.5. The van der Waals surface area contributed by atoms with Crippen LogP contribution in [0.5, 0.6) is 0 Å². The predicted molar refractivity (Wildman–Crippen MR) is 74.9 cm³/mol. The minimum atomic E-state index is 0.0377. The Morgan fingerprint density at radius 3 is 2.74 bits per heavy atom. The van der Waals surface area contributed by atoms with E-state index in [1.54, 1.807) is 0 Å². The molecule has 2 heterocycles. The van der Waals surface area contributed by atoms with Gasteiger partial charge in [-0.2, -0.15) is 0 Å². The first-order valence-electron chi connectivity index (χ1n) is 6.60. The Morgan fingerprint density at radius 2 is 2.05 bits per heavy atom. The molecule has 19 heavy (non-hydrogen) atoms. The summed E-state index contributed by atoms with van der Waals surface area (Å²) in [5, 5.41) is 3.09. The van der Waals surface area contributed by atoms with Gasteiger partial charge in [-0.3, -0.25) is 0 Å². The van der Waals surface area contributed by atoms with E-state index in [2.05, 4.69) is 27.4 Å². The Labute approximate surface area is 112 Å². The highest BCUT2D eigenvalue weighted by Crippen LogP contribution is 2.29. The zero-order valence-electron chi connectivity index (χ0n) is 11.0. The van der Waals surface area contributed by atoms with Gasteiger partial charge in [0.05, 0.1) is 5.69 Å². The van der Waals surface area contributed by atoms with Crippen molar-refractivity contribution >= 4 is 5.82 Å². The molecular weight excluding hydrogens is 238 g/mol. The van der Waals surface area contributed by atoms with Gasteiger partial charge in [-0.1, -0.05) is 30.3 Å². The third kappa shape index (κ3) is 2.58. The van der Waals surface area contributed by atoms with Gasteiger partial charge >= 0.3 is 0 Å². The molecule has 1 fully saturated rings. The van der Waals surface area contributed by atoms with Crippen LogP contribution in [0.1, 0.15) is 24.8 Å². The summed E-state index contributed by atoms with van der Waals surface area (Å²) < 4.78 is 5.68. The van der Waals surface area contributed by atoms with Gasteiger partial charge in [0.2, 0.25) is 0 Å². The van der Waals surface area contributed by atoms with Gasteiger partial charge in [0.1, 0.15) is 11.9 Å². The van der Waals surface area contributed by atoms with Crippen LogP contribution in [0.4, 0.5) is 5.82 Å². The molecule has 1 aliphatic rings. The standard InChI is InChI=1S/C15H17N3O/c1-16-14-10-12(11-6-3-2-4-7-11)17-15(18-14)13-8-5-9-19-13/h2-4,6-7,10,13H,5,8-9H2,1H3,(H,16,17,18). The van der Waals surface area contributed by atoms with E-state index in [1.165, 1.54) is 0 Å². The minimum Gasteiger partial charge on any atom is -0.373 e. The van der Waals surface area contributed by atoms with E-state index in [4.69, 9.17) is 4.74 Å². The molecular formula is C15H17N3O. The van der Waals surface area contributed by atoms with Gasteiger partial charge in [-0.15, -0.1) is 0 Å². The Balaban J connectivity index is 2.02. The smallest absolute Gasteiger partial charge is 0.160 e. The SMILES string of the molecule is CNc1cc(-c2ccccc2)nc(C2CCCO2)n1. The topological polar surface area (TPSA) is 47.0 Å². The average Bonchev–Trinajstić information content (AvgIpc) is 3.02. The van der Waals surface area contributed by atoms with E-state index < -0.39 is 0 Å². The molecule has 1 atom stereocenters. The second-order valence-electron chi connectivity index (χ2n) is 4.61. The van der Waals surface area contributed by atoms with Gasteiger partial charge in [-0.05, 0) is 12.8 Å². The van der Waals surface area contributed by atoms with Crippen LogP contribution in [0.25, 0.3) is 11.3 Å². The molecule has 0 spiro atoms. The largest absolute Gasteiger partial charge is 0.373 e. The zero-order valence-corrected chi connectivity index (χ0v) is 11.0. The Bertz CT molecular complexity index is 551. The summed E-state index contributed by atoms with van der Waals surface area (Å²) in [6, 6.07) is 12.1. The molecule has 4 heteroatoms. The van der Waals surface area contributed by atoms with Crippen LogP contribution in [0.2, 0.25) is 0 Å². The fraction of sp³-hybridized carbons (Fsp3) is 0.333. The lowest BCUT2D eigenvalue weighted by molar-refractivity contribution is 0.105. The lowest BCUT2D eigenvalue weighted by Gasteiger charge is -2.12. The maximum absolute atomic E-state index is 5.68. The number of nitrogens with one attached hydrogen (secondary N) is 1. The normalized spacial score (nSPS) is 18.5. The van der Waals surface area contributed by atoms with Gasteiger partial charge in [0, 0.05) is 25.3 Å². The van der Waals surface area contributed by atoms with Crippen molar-refractivity contribution in [2.45, 2.75) is 18.9 Å². The Morgan fingerprint density at radius 1 is 1.21 bits per heavy atom. The second-order valence-corrected chi connectivity index (χ2v) is 4.61. The van der Waals surface area contributed by atoms with Gasteiger partial charge in [0.25, 0.3) is 0 Å². The maximum Gasteiger partial charge on any atom is 0.160 e. The number of ether oxygens (including phenoxy) is 1. The monoisotopic (exact) mass is 255 g/mol. The summed E-state index contributed by atoms with van der Waals surface area (Å²) in [6.07, 6.45) is 2.12. The molecule has 0 aliphatic carbocycles. The van der Waals surface area contributed by atoms with Crippen molar-refractivity contribution in [2.75, 3.05) is 19.0 Å². The minimum absolute atomic E-state index is 0.0377. The molecule has 1 aliphatic heterocycles. The fourth-order valence-electron chi connectivity index (χ4n) is 2.28. The molecule has 1 saturated heterocycles. The van der Waals surface area contributed by atoms with Crippen LogP contribution in [-0.4, -0.2) is 23.6 Å². The number of nitrogens with zero attached hydrogens (tertiary/aromatic N) is 2. The van der Waals surface area contributed by atoms with Crippen LogP contribution in [0, 0.1) is 0 Å². The number of aromatic nitrogens is 2. The van der Waals surface area contributed by atoms with Crippen molar-refractivity contribution in [3.8, 4) is 11.3 Å². The first kappa shape index (κ1) is 12.1. The lowest BCUT2D eigenvalue weighted by Crippen LogP contribution is -2.06. The number of hydrogen-bond acceptors (Lipinski definition) is 4. The highest BCUT2D eigenvalue weighted by Gasteiger charge is 2.21. The van der Waals surface area contributed by atoms with Gasteiger partial charge in [0.15, 0.2) is 5.82 Å². The molecule has 1 unspecified atom stereocenters. The van der Waals surface area contributed by atoms with Crippen LogP contribution in [0.3, 0.4) is 0 Å². The van der Waals surface area contributed by atoms with Crippen molar-refractivity contribution in [2.24, 2.45) is 0 Å². The van der Waals surface area contributed by atoms with E-state index in [0.717, 1.165) is 42.3 Å². The summed E-state index contributed by atoms with van der Waals surface area (Å²) in [4.78, 5) is 9.17. The molecule has 2 aromatic rings. The number of anilines is 1. The molecule has 4 nitrogen and oxygen atoms in total. The predicted octanol–water partition coefficient (Wildman–Crippen LogP) is 3.04. The average molecular weight is 255 g/mol. The van der Waals surface area contributed by atoms with E-state index in [9.17, 15) is 0 Å². The molecule has 98 valence electrons. The van der Waals surface area contributed by atoms with Crippen molar-refractivity contribution in [1.82, 2.24) is 9.97 Å². The molecule has 0 bridgehead atoms. The second kappa shape index (κ2) is 5.36. The third-order valence-corrected chi connectivity index (χ3v) is 3.29. The highest BCUT2D eigenvalue weighted by molar-refractivity contribution is 5.62. The first-order chi connectivity index (χ1) is 9.36. The van der Waals surface area contributed by atoms with Crippen LogP contribution in [0.15, 0.2) is 36.4 Å². The third-order valence-electron chi connectivity index (χ3n) is 3.29. The van der Waals surface area contributed by atoms with Crippen molar-refractivity contribution in [3.63, 3.8) is 0 Å². The van der Waals surface area contributed by atoms with Crippen molar-refractivity contribution in [3.05, 3.63) is 42.2 Å². The molecule has 0 amide bonds. The molecule has 1 aromatic carbocycles. The van der Waals surface area contributed by atoms with E-state index >= 15 is 0 Å². The van der Waals surface area contributed by atoms with Gasteiger partial charge < -0.3 is 10.1 Å². The molecule has 1 aromatic heterocycles. The quantitative estimate of drug-likeness (QED) is 0.915. The summed E-state index contributed by atoms with van der Waals surface area (Å²) in [6.45, 7) is 0.804. The fourth-order valence-corrected chi connectivity index (χ4v) is 2.28. The molecule has 1 N–H and O–H groups in total. The van der Waals surface area contributed by atoms with Crippen molar-refractivity contribution in [1.29, 1.82) is 0 Å². The van der Waals surface area contributed by atoms with Crippen LogP contribution in [-0.2, 0) is 4.74 Å². The number of benzene rings is 1. The lowest BCUT2D eigenvalue weighted by atomic mass is 10.1. The molecule has 3 rings (SSSR count). The number of hydrogen-bond donors (Lipinski definition) is 1. The first-order valence-corrected chi connectivity index (χ1v) is 6.60. The van der Waals surface area contributed by atoms with Gasteiger partial charge in [-0.25, -0.2) is 9.97 Å². The van der Waals surface area contributed by atoms with E-state index in [-0.39, 0.29) is 6.10 Å². The van der Waals surface area contributed by atoms with Crippen LogP contribution < -0.4 is 5.32 Å². The summed E-state index contributed by atoms with van der Waals surface area (Å²) in [5.74, 6) is 1.61. The van der Waals surface area contributed by atoms with Crippen molar-refractivity contribution < 1.29 is 4.74 Å². The summed E-state index contributed by atoms with van der Waals surface area (Å²) in [7, 11) is 1.87. The Kier molecular flexibility index (Phi) is 3.42. The van der Waals surface area contributed by atoms with E-state index in [0.29, 0.717) is 0 Å². The summed E-state index contributed by atoms with van der Waals surface area (Å²) in [5.41, 5.74) is 2.03. The molecule has 0 radical (unpaired) electrons. The molecule has 0 saturated carbocycles. The van der Waals surface area contributed by atoms with E-state index in [1.807, 2.05) is 31.3 Å². The number of rotatable bonds is 3. The van der Waals surface area contributed by atoms with Crippen LogP contribution >= 0.6 is 0 Å². The Hall–Kier alpha value is -1.94. The maximum atomic E-state index is 5.68.